The van der Waals surface area contributed by atoms with Gasteiger partial charge in [0.2, 0.25) is 0 Å². The van der Waals surface area contributed by atoms with Gasteiger partial charge >= 0.3 is 0 Å². The fourth-order valence-corrected chi connectivity index (χ4v) is 2.72. The average molecular weight is 202 g/mol. The lowest BCUT2D eigenvalue weighted by Crippen LogP contribution is -2.26. The Kier molecular flexibility index (Phi) is 2.47. The van der Waals surface area contributed by atoms with Gasteiger partial charge in [0, 0.05) is 13.1 Å². The maximum atomic E-state index is 3.42. The Morgan fingerprint density at radius 3 is 2.60 bits per heavy atom. The second kappa shape index (κ2) is 3.95. The summed E-state index contributed by atoms with van der Waals surface area (Å²) in [6.07, 6.45) is 2.60. The van der Waals surface area contributed by atoms with Crippen LogP contribution >= 0.6 is 0 Å². The lowest BCUT2D eigenvalue weighted by Gasteiger charge is -2.23. The minimum Gasteiger partial charge on any atom is -0.317 e. The van der Waals surface area contributed by atoms with Crippen molar-refractivity contribution < 1.29 is 0 Å². The second-order valence-corrected chi connectivity index (χ2v) is 4.66. The molecule has 3 rings (SSSR count). The topological polar surface area (TPSA) is 24.1 Å². The summed E-state index contributed by atoms with van der Waals surface area (Å²) in [5.74, 6) is 0.789. The largest absolute Gasteiger partial charge is 0.317 e. The summed E-state index contributed by atoms with van der Waals surface area (Å²) in [7, 11) is 0. The highest BCUT2D eigenvalue weighted by Gasteiger charge is 2.17. The minimum atomic E-state index is 0.789. The van der Waals surface area contributed by atoms with Crippen LogP contribution in [0, 0.1) is 0 Å². The molecule has 0 radical (unpaired) electrons. The molecule has 1 saturated heterocycles. The Morgan fingerprint density at radius 2 is 1.73 bits per heavy atom. The standard InChI is InChI=1S/C13H18N2/c1-2-12-8-15-9-13(12)7-11(1)10-3-5-14-6-4-10/h1-2,7,10,14-15H,3-6,8-9H2. The molecule has 0 aromatic heterocycles. The first-order valence-electron chi connectivity index (χ1n) is 5.96. The summed E-state index contributed by atoms with van der Waals surface area (Å²) in [6, 6.07) is 7.07. The molecule has 0 spiro atoms. The maximum Gasteiger partial charge on any atom is 0.0212 e. The van der Waals surface area contributed by atoms with E-state index in [4.69, 9.17) is 0 Å². The molecule has 2 aliphatic heterocycles. The van der Waals surface area contributed by atoms with Crippen molar-refractivity contribution in [1.29, 1.82) is 0 Å². The molecule has 2 heteroatoms. The molecule has 15 heavy (non-hydrogen) atoms. The van der Waals surface area contributed by atoms with Crippen LogP contribution < -0.4 is 10.6 Å². The maximum absolute atomic E-state index is 3.42. The second-order valence-electron chi connectivity index (χ2n) is 4.66. The Labute approximate surface area is 91.1 Å². The lowest BCUT2D eigenvalue weighted by molar-refractivity contribution is 0.460. The summed E-state index contributed by atoms with van der Waals surface area (Å²) in [5, 5.41) is 6.83. The van der Waals surface area contributed by atoms with Crippen molar-refractivity contribution >= 4 is 0 Å². The van der Waals surface area contributed by atoms with E-state index in [-0.39, 0.29) is 0 Å². The first-order valence-corrected chi connectivity index (χ1v) is 5.96. The zero-order valence-corrected chi connectivity index (χ0v) is 9.05. The third-order valence-electron chi connectivity index (χ3n) is 3.67. The van der Waals surface area contributed by atoms with Gasteiger partial charge in [-0.2, -0.15) is 0 Å². The Bertz CT molecular complexity index is 354. The number of hydrogen-bond donors (Lipinski definition) is 2. The van der Waals surface area contributed by atoms with E-state index in [2.05, 4.69) is 28.8 Å². The zero-order chi connectivity index (χ0) is 10.1. The molecule has 1 aromatic rings. The van der Waals surface area contributed by atoms with Crippen molar-refractivity contribution in [2.24, 2.45) is 0 Å². The van der Waals surface area contributed by atoms with Gasteiger partial charge in [0.1, 0.15) is 0 Å². The third-order valence-corrected chi connectivity index (χ3v) is 3.67. The molecule has 0 unspecified atom stereocenters. The zero-order valence-electron chi connectivity index (χ0n) is 9.05. The third kappa shape index (κ3) is 1.80. The van der Waals surface area contributed by atoms with Crippen LogP contribution in [0.4, 0.5) is 0 Å². The van der Waals surface area contributed by atoms with Crippen molar-refractivity contribution in [2.45, 2.75) is 31.8 Å². The van der Waals surface area contributed by atoms with E-state index in [0.29, 0.717) is 0 Å². The molecule has 1 fully saturated rings. The molecule has 0 amide bonds. The van der Waals surface area contributed by atoms with Crippen LogP contribution in [0.25, 0.3) is 0 Å². The quantitative estimate of drug-likeness (QED) is 0.725. The van der Waals surface area contributed by atoms with Gasteiger partial charge in [-0.05, 0) is 48.5 Å². The van der Waals surface area contributed by atoms with Gasteiger partial charge in [0.05, 0.1) is 0 Å². The van der Waals surface area contributed by atoms with E-state index in [9.17, 15) is 0 Å². The number of fused-ring (bicyclic) bond motifs is 1. The molecule has 2 aliphatic rings. The van der Waals surface area contributed by atoms with E-state index in [1.54, 1.807) is 5.56 Å². The minimum absolute atomic E-state index is 0.789. The highest BCUT2D eigenvalue weighted by Crippen LogP contribution is 2.28. The summed E-state index contributed by atoms with van der Waals surface area (Å²) < 4.78 is 0. The fraction of sp³-hybridized carbons (Fsp3) is 0.538. The van der Waals surface area contributed by atoms with E-state index >= 15 is 0 Å². The normalized spacial score (nSPS) is 21.6. The molecule has 0 aliphatic carbocycles. The smallest absolute Gasteiger partial charge is 0.0212 e. The van der Waals surface area contributed by atoms with Crippen LogP contribution in [0.15, 0.2) is 18.2 Å². The van der Waals surface area contributed by atoms with Crippen LogP contribution in [-0.4, -0.2) is 13.1 Å². The highest BCUT2D eigenvalue weighted by molar-refractivity contribution is 5.36. The molecule has 2 nitrogen and oxygen atoms in total. The number of rotatable bonds is 1. The molecule has 0 atom stereocenters. The van der Waals surface area contributed by atoms with E-state index < -0.39 is 0 Å². The predicted octanol–water partition coefficient (Wildman–Crippen LogP) is 1.76. The van der Waals surface area contributed by atoms with Crippen LogP contribution in [0.2, 0.25) is 0 Å². The first kappa shape index (κ1) is 9.37. The summed E-state index contributed by atoms with van der Waals surface area (Å²) in [5.41, 5.74) is 4.57. The van der Waals surface area contributed by atoms with Crippen molar-refractivity contribution in [3.05, 3.63) is 34.9 Å². The Hall–Kier alpha value is -0.860. The van der Waals surface area contributed by atoms with E-state index in [1.165, 1.54) is 37.1 Å². The fourth-order valence-electron chi connectivity index (χ4n) is 2.72. The van der Waals surface area contributed by atoms with Gasteiger partial charge in [-0.1, -0.05) is 18.2 Å². The van der Waals surface area contributed by atoms with Gasteiger partial charge in [-0.3, -0.25) is 0 Å². The number of benzene rings is 1. The number of hydrogen-bond acceptors (Lipinski definition) is 2. The SMILES string of the molecule is c1cc2c(cc1C1CCNCC1)CNC2. The summed E-state index contributed by atoms with van der Waals surface area (Å²) in [6.45, 7) is 4.48. The first-order chi connectivity index (χ1) is 7.43. The Balaban J connectivity index is 1.85. The van der Waals surface area contributed by atoms with Gasteiger partial charge in [-0.25, -0.2) is 0 Å². The van der Waals surface area contributed by atoms with Gasteiger partial charge < -0.3 is 10.6 Å². The molecule has 0 bridgehead atoms. The van der Waals surface area contributed by atoms with Crippen LogP contribution in [0.3, 0.4) is 0 Å². The van der Waals surface area contributed by atoms with Gasteiger partial charge in [-0.15, -0.1) is 0 Å². The Morgan fingerprint density at radius 1 is 0.933 bits per heavy atom. The van der Waals surface area contributed by atoms with Crippen LogP contribution in [0.1, 0.15) is 35.4 Å². The molecule has 80 valence electrons. The molecule has 1 aromatic carbocycles. The monoisotopic (exact) mass is 202 g/mol. The number of piperidine rings is 1. The van der Waals surface area contributed by atoms with Gasteiger partial charge in [0.25, 0.3) is 0 Å². The molecule has 0 saturated carbocycles. The van der Waals surface area contributed by atoms with Gasteiger partial charge in [0.15, 0.2) is 0 Å². The highest BCUT2D eigenvalue weighted by atomic mass is 14.9. The lowest BCUT2D eigenvalue weighted by atomic mass is 9.88. The van der Waals surface area contributed by atoms with Crippen molar-refractivity contribution in [1.82, 2.24) is 10.6 Å². The predicted molar refractivity (Wildman–Crippen MR) is 61.8 cm³/mol. The van der Waals surface area contributed by atoms with Crippen molar-refractivity contribution in [3.8, 4) is 0 Å². The van der Waals surface area contributed by atoms with Crippen molar-refractivity contribution in [2.75, 3.05) is 13.1 Å². The summed E-state index contributed by atoms with van der Waals surface area (Å²) in [4.78, 5) is 0. The molecular formula is C13H18N2. The van der Waals surface area contributed by atoms with Crippen LogP contribution in [-0.2, 0) is 13.1 Å². The number of nitrogens with one attached hydrogen (secondary N) is 2. The summed E-state index contributed by atoms with van der Waals surface area (Å²) >= 11 is 0. The average Bonchev–Trinajstić information content (AvgIpc) is 2.77. The van der Waals surface area contributed by atoms with Crippen LogP contribution in [0.5, 0.6) is 0 Å². The van der Waals surface area contributed by atoms with Crippen molar-refractivity contribution in [3.63, 3.8) is 0 Å². The molecular weight excluding hydrogens is 184 g/mol. The van der Waals surface area contributed by atoms with E-state index in [1.807, 2.05) is 0 Å². The molecule has 2 heterocycles. The molecule has 2 N–H and O–H groups in total. The van der Waals surface area contributed by atoms with E-state index in [0.717, 1.165) is 19.0 Å².